The Morgan fingerprint density at radius 3 is 2.80 bits per heavy atom. The third-order valence-corrected chi connectivity index (χ3v) is 2.49. The number of nitrogens with zero attached hydrogens (tertiary/aromatic N) is 2. The number of ether oxygens (including phenoxy) is 1. The van der Waals surface area contributed by atoms with Gasteiger partial charge in [0.25, 0.3) is 0 Å². The zero-order valence-electron chi connectivity index (χ0n) is 9.36. The van der Waals surface area contributed by atoms with Gasteiger partial charge in [-0.15, -0.1) is 0 Å². The molecule has 1 aliphatic heterocycles. The Labute approximate surface area is 90.0 Å². The quantitative estimate of drug-likeness (QED) is 0.623. The Hall–Kier alpha value is -1.10. The Kier molecular flexibility index (Phi) is 4.55. The highest BCUT2D eigenvalue weighted by molar-refractivity contribution is 5.77. The molecular weight excluding hydrogens is 196 g/mol. The average Bonchev–Trinajstić information content (AvgIpc) is 2.58. The molecule has 0 N–H and O–H groups in total. The smallest absolute Gasteiger partial charge is 0.224 e. The zero-order chi connectivity index (χ0) is 11.3. The predicted molar refractivity (Wildman–Crippen MR) is 54.8 cm³/mol. The molecule has 0 bridgehead atoms. The topological polar surface area (TPSA) is 49.9 Å². The maximum Gasteiger partial charge on any atom is 0.224 e. The summed E-state index contributed by atoms with van der Waals surface area (Å²) < 4.78 is 5.31. The molecule has 0 radical (unpaired) electrons. The highest BCUT2D eigenvalue weighted by atomic mass is 16.5. The fourth-order valence-corrected chi connectivity index (χ4v) is 1.51. The van der Waals surface area contributed by atoms with E-state index in [1.165, 1.54) is 6.92 Å². The van der Waals surface area contributed by atoms with Crippen LogP contribution in [0.2, 0.25) is 0 Å². The van der Waals surface area contributed by atoms with Crippen molar-refractivity contribution in [3.05, 3.63) is 0 Å². The molecule has 0 aromatic rings. The summed E-state index contributed by atoms with van der Waals surface area (Å²) >= 11 is 0. The number of rotatable bonds is 5. The van der Waals surface area contributed by atoms with Crippen LogP contribution in [0, 0.1) is 0 Å². The first-order valence-electron chi connectivity index (χ1n) is 5.26. The van der Waals surface area contributed by atoms with Crippen molar-refractivity contribution in [2.45, 2.75) is 26.7 Å². The second kappa shape index (κ2) is 5.70. The molecule has 0 saturated carbocycles. The molecule has 1 aliphatic rings. The third-order valence-electron chi connectivity index (χ3n) is 2.49. The second-order valence-electron chi connectivity index (χ2n) is 3.60. The van der Waals surface area contributed by atoms with E-state index < -0.39 is 0 Å². The SMILES string of the molecule is CCN(COCN1CCCC1=O)C(C)=O. The van der Waals surface area contributed by atoms with Crippen LogP contribution < -0.4 is 0 Å². The maximum absolute atomic E-state index is 11.2. The summed E-state index contributed by atoms with van der Waals surface area (Å²) in [5.41, 5.74) is 0. The lowest BCUT2D eigenvalue weighted by Gasteiger charge is -2.21. The van der Waals surface area contributed by atoms with Crippen LogP contribution in [0.3, 0.4) is 0 Å². The molecule has 15 heavy (non-hydrogen) atoms. The van der Waals surface area contributed by atoms with Gasteiger partial charge in [-0.25, -0.2) is 0 Å². The van der Waals surface area contributed by atoms with Gasteiger partial charge in [-0.05, 0) is 13.3 Å². The molecular formula is C10H18N2O3. The average molecular weight is 214 g/mol. The van der Waals surface area contributed by atoms with Crippen molar-refractivity contribution in [2.75, 3.05) is 26.6 Å². The Morgan fingerprint density at radius 2 is 2.33 bits per heavy atom. The molecule has 1 rings (SSSR count). The van der Waals surface area contributed by atoms with Gasteiger partial charge in [-0.1, -0.05) is 0 Å². The van der Waals surface area contributed by atoms with Gasteiger partial charge in [0.2, 0.25) is 11.8 Å². The van der Waals surface area contributed by atoms with E-state index in [2.05, 4.69) is 0 Å². The van der Waals surface area contributed by atoms with Crippen LogP contribution in [-0.4, -0.2) is 48.2 Å². The minimum atomic E-state index is -0.00903. The summed E-state index contributed by atoms with van der Waals surface area (Å²) in [7, 11) is 0. The summed E-state index contributed by atoms with van der Waals surface area (Å²) in [6, 6.07) is 0. The number of likely N-dealkylation sites (tertiary alicyclic amines) is 1. The fourth-order valence-electron chi connectivity index (χ4n) is 1.51. The highest BCUT2D eigenvalue weighted by Gasteiger charge is 2.19. The first-order valence-corrected chi connectivity index (χ1v) is 5.26. The molecule has 5 nitrogen and oxygen atoms in total. The second-order valence-corrected chi connectivity index (χ2v) is 3.60. The van der Waals surface area contributed by atoms with Gasteiger partial charge in [0.1, 0.15) is 13.5 Å². The van der Waals surface area contributed by atoms with Crippen LogP contribution in [-0.2, 0) is 14.3 Å². The van der Waals surface area contributed by atoms with Crippen LogP contribution in [0.5, 0.6) is 0 Å². The largest absolute Gasteiger partial charge is 0.341 e. The summed E-state index contributed by atoms with van der Waals surface area (Å²) in [5.74, 6) is 0.131. The van der Waals surface area contributed by atoms with Crippen LogP contribution >= 0.6 is 0 Å². The number of hydrogen-bond donors (Lipinski definition) is 0. The lowest BCUT2D eigenvalue weighted by molar-refractivity contribution is -0.140. The number of carbonyl (C=O) groups excluding carboxylic acids is 2. The van der Waals surface area contributed by atoms with E-state index in [1.54, 1.807) is 9.80 Å². The Bertz CT molecular complexity index is 241. The van der Waals surface area contributed by atoms with E-state index in [-0.39, 0.29) is 18.5 Å². The van der Waals surface area contributed by atoms with Crippen LogP contribution in [0.15, 0.2) is 0 Å². The van der Waals surface area contributed by atoms with E-state index in [4.69, 9.17) is 4.74 Å². The molecule has 1 heterocycles. The Balaban J connectivity index is 2.20. The van der Waals surface area contributed by atoms with Crippen LogP contribution in [0.4, 0.5) is 0 Å². The van der Waals surface area contributed by atoms with Crippen molar-refractivity contribution in [2.24, 2.45) is 0 Å². The molecule has 1 fully saturated rings. The summed E-state index contributed by atoms with van der Waals surface area (Å²) in [6.45, 7) is 5.35. The monoisotopic (exact) mass is 214 g/mol. The van der Waals surface area contributed by atoms with Crippen LogP contribution in [0.1, 0.15) is 26.7 Å². The Morgan fingerprint density at radius 1 is 1.60 bits per heavy atom. The molecule has 0 unspecified atom stereocenters. The molecule has 0 atom stereocenters. The predicted octanol–water partition coefficient (Wildman–Crippen LogP) is 0.409. The van der Waals surface area contributed by atoms with Gasteiger partial charge in [0.05, 0.1) is 0 Å². The van der Waals surface area contributed by atoms with Crippen molar-refractivity contribution in [1.29, 1.82) is 0 Å². The number of amides is 2. The molecule has 0 spiro atoms. The lowest BCUT2D eigenvalue weighted by atomic mass is 10.4. The van der Waals surface area contributed by atoms with E-state index in [9.17, 15) is 9.59 Å². The minimum absolute atomic E-state index is 0.00903. The summed E-state index contributed by atoms with van der Waals surface area (Å²) in [6.07, 6.45) is 1.53. The molecule has 86 valence electrons. The first kappa shape index (κ1) is 12.0. The lowest BCUT2D eigenvalue weighted by Crippen LogP contribution is -2.34. The van der Waals surface area contributed by atoms with Crippen LogP contribution in [0.25, 0.3) is 0 Å². The van der Waals surface area contributed by atoms with Crippen molar-refractivity contribution in [3.63, 3.8) is 0 Å². The molecule has 0 aromatic heterocycles. The van der Waals surface area contributed by atoms with Crippen molar-refractivity contribution in [1.82, 2.24) is 9.80 Å². The van der Waals surface area contributed by atoms with E-state index in [0.29, 0.717) is 19.7 Å². The molecule has 2 amide bonds. The summed E-state index contributed by atoms with van der Waals surface area (Å²) in [4.78, 5) is 25.5. The standard InChI is InChI=1S/C10H18N2O3/c1-3-11(9(2)13)7-15-8-12-6-4-5-10(12)14/h3-8H2,1-2H3. The minimum Gasteiger partial charge on any atom is -0.341 e. The van der Waals surface area contributed by atoms with Gasteiger partial charge < -0.3 is 14.5 Å². The van der Waals surface area contributed by atoms with E-state index in [1.807, 2.05) is 6.92 Å². The maximum atomic E-state index is 11.2. The molecule has 0 aliphatic carbocycles. The number of carbonyl (C=O) groups is 2. The van der Waals surface area contributed by atoms with Gasteiger partial charge in [-0.3, -0.25) is 9.59 Å². The highest BCUT2D eigenvalue weighted by Crippen LogP contribution is 2.08. The molecule has 0 aromatic carbocycles. The van der Waals surface area contributed by atoms with Gasteiger partial charge in [0, 0.05) is 26.4 Å². The van der Waals surface area contributed by atoms with Crippen molar-refractivity contribution in [3.8, 4) is 0 Å². The van der Waals surface area contributed by atoms with E-state index in [0.717, 1.165) is 13.0 Å². The first-order chi connectivity index (χ1) is 7.15. The molecule has 1 saturated heterocycles. The zero-order valence-corrected chi connectivity index (χ0v) is 9.36. The molecule has 5 heteroatoms. The van der Waals surface area contributed by atoms with Gasteiger partial charge >= 0.3 is 0 Å². The van der Waals surface area contributed by atoms with Crippen molar-refractivity contribution >= 4 is 11.8 Å². The van der Waals surface area contributed by atoms with E-state index >= 15 is 0 Å². The summed E-state index contributed by atoms with van der Waals surface area (Å²) in [5, 5.41) is 0. The van der Waals surface area contributed by atoms with Gasteiger partial charge in [0.15, 0.2) is 0 Å². The normalized spacial score (nSPS) is 15.9. The fraction of sp³-hybridized carbons (Fsp3) is 0.800. The van der Waals surface area contributed by atoms with Gasteiger partial charge in [-0.2, -0.15) is 0 Å². The number of hydrogen-bond acceptors (Lipinski definition) is 3. The van der Waals surface area contributed by atoms with Crippen molar-refractivity contribution < 1.29 is 14.3 Å². The third kappa shape index (κ3) is 3.51.